The van der Waals surface area contributed by atoms with Crippen LogP contribution in [-0.4, -0.2) is 61.6 Å². The average molecular weight is 256 g/mol. The van der Waals surface area contributed by atoms with Gasteiger partial charge in [-0.3, -0.25) is 4.79 Å². The molecular weight excluding hydrogens is 228 g/mol. The van der Waals surface area contributed by atoms with Crippen molar-refractivity contribution in [2.24, 2.45) is 0 Å². The van der Waals surface area contributed by atoms with Gasteiger partial charge in [0.2, 0.25) is 0 Å². The zero-order valence-electron chi connectivity index (χ0n) is 12.2. The minimum atomic E-state index is -0.0503. The van der Waals surface area contributed by atoms with Crippen LogP contribution >= 0.6 is 0 Å². The summed E-state index contributed by atoms with van der Waals surface area (Å²) in [6.07, 6.45) is 3.85. The van der Waals surface area contributed by atoms with E-state index >= 15 is 0 Å². The summed E-state index contributed by atoms with van der Waals surface area (Å²) in [6.45, 7) is 9.33. The molecule has 106 valence electrons. The zero-order chi connectivity index (χ0) is 13.4. The van der Waals surface area contributed by atoms with E-state index in [2.05, 4.69) is 23.8 Å². The fraction of sp³-hybridized carbons (Fsp3) is 0.929. The number of unbranched alkanes of at least 4 members (excludes halogenated alkanes) is 2. The molecular formula is C14H28N2O2. The van der Waals surface area contributed by atoms with Crippen molar-refractivity contribution in [2.75, 3.05) is 39.8 Å². The number of ether oxygens (including phenoxy) is 1. The fourth-order valence-electron chi connectivity index (χ4n) is 2.34. The van der Waals surface area contributed by atoms with E-state index in [4.69, 9.17) is 4.74 Å². The second-order valence-corrected chi connectivity index (χ2v) is 5.25. The summed E-state index contributed by atoms with van der Waals surface area (Å²) in [5, 5.41) is 0. The van der Waals surface area contributed by atoms with Crippen molar-refractivity contribution in [3.63, 3.8) is 0 Å². The Balaban J connectivity index is 1.99. The van der Waals surface area contributed by atoms with Crippen molar-refractivity contribution in [3.8, 4) is 0 Å². The van der Waals surface area contributed by atoms with E-state index in [1.54, 1.807) is 0 Å². The maximum absolute atomic E-state index is 11.1. The first-order valence-corrected chi connectivity index (χ1v) is 7.21. The lowest BCUT2D eigenvalue weighted by atomic mass is 10.1. The number of esters is 1. The van der Waals surface area contributed by atoms with Crippen LogP contribution in [0.25, 0.3) is 0 Å². The van der Waals surface area contributed by atoms with Crippen molar-refractivity contribution in [1.82, 2.24) is 9.80 Å². The highest BCUT2D eigenvalue weighted by Crippen LogP contribution is 2.09. The summed E-state index contributed by atoms with van der Waals surface area (Å²) in [5.41, 5.74) is 0. The predicted molar refractivity (Wildman–Crippen MR) is 73.6 cm³/mol. The fourth-order valence-corrected chi connectivity index (χ4v) is 2.34. The highest BCUT2D eigenvalue weighted by atomic mass is 16.5. The molecule has 1 unspecified atom stereocenters. The number of rotatable bonds is 7. The smallest absolute Gasteiger partial charge is 0.305 e. The second-order valence-electron chi connectivity index (χ2n) is 5.25. The molecule has 1 aliphatic heterocycles. The molecule has 1 rings (SSSR count). The van der Waals surface area contributed by atoms with Crippen molar-refractivity contribution in [2.45, 2.75) is 45.6 Å². The molecule has 0 spiro atoms. The van der Waals surface area contributed by atoms with Gasteiger partial charge in [-0.05, 0) is 40.3 Å². The number of hydrogen-bond acceptors (Lipinski definition) is 4. The highest BCUT2D eigenvalue weighted by molar-refractivity contribution is 5.69. The highest BCUT2D eigenvalue weighted by Gasteiger charge is 2.19. The lowest BCUT2D eigenvalue weighted by Gasteiger charge is -2.37. The molecule has 0 saturated carbocycles. The first kappa shape index (κ1) is 15.4. The standard InChI is InChI=1S/C14H28N2O2/c1-4-18-14(17)8-6-5-7-9-16-11-10-15(3)13(2)12-16/h13H,4-12H2,1-3H3. The minimum absolute atomic E-state index is 0.0503. The summed E-state index contributed by atoms with van der Waals surface area (Å²) >= 11 is 0. The number of piperazine rings is 1. The van der Waals surface area contributed by atoms with Crippen LogP contribution in [0.15, 0.2) is 0 Å². The molecule has 18 heavy (non-hydrogen) atoms. The third kappa shape index (κ3) is 5.83. The summed E-state index contributed by atoms with van der Waals surface area (Å²) in [6, 6.07) is 0.665. The molecule has 0 radical (unpaired) electrons. The third-order valence-electron chi connectivity index (χ3n) is 3.70. The molecule has 1 aliphatic rings. The Kier molecular flexibility index (Phi) is 7.28. The zero-order valence-corrected chi connectivity index (χ0v) is 12.2. The molecule has 1 fully saturated rings. The Morgan fingerprint density at radius 3 is 2.72 bits per heavy atom. The number of likely N-dealkylation sites (N-methyl/N-ethyl adjacent to an activating group) is 1. The van der Waals surface area contributed by atoms with Gasteiger partial charge in [-0.2, -0.15) is 0 Å². The largest absolute Gasteiger partial charge is 0.466 e. The molecule has 0 aromatic heterocycles. The predicted octanol–water partition coefficient (Wildman–Crippen LogP) is 1.75. The topological polar surface area (TPSA) is 32.8 Å². The Hall–Kier alpha value is -0.610. The molecule has 0 N–H and O–H groups in total. The lowest BCUT2D eigenvalue weighted by Crippen LogP contribution is -2.50. The molecule has 0 aliphatic carbocycles. The van der Waals surface area contributed by atoms with Gasteiger partial charge in [-0.25, -0.2) is 0 Å². The van der Waals surface area contributed by atoms with Crippen molar-refractivity contribution >= 4 is 5.97 Å². The molecule has 1 heterocycles. The first-order chi connectivity index (χ1) is 8.63. The van der Waals surface area contributed by atoms with E-state index in [1.807, 2.05) is 6.92 Å². The van der Waals surface area contributed by atoms with Crippen LogP contribution in [-0.2, 0) is 9.53 Å². The molecule has 4 heteroatoms. The molecule has 0 aromatic carbocycles. The molecule has 0 aromatic rings. The van der Waals surface area contributed by atoms with Crippen molar-refractivity contribution in [1.29, 1.82) is 0 Å². The number of nitrogens with zero attached hydrogens (tertiary/aromatic N) is 2. The monoisotopic (exact) mass is 256 g/mol. The Morgan fingerprint density at radius 1 is 1.28 bits per heavy atom. The molecule has 4 nitrogen and oxygen atoms in total. The van der Waals surface area contributed by atoms with E-state index in [9.17, 15) is 4.79 Å². The quantitative estimate of drug-likeness (QED) is 0.513. The first-order valence-electron chi connectivity index (χ1n) is 7.21. The van der Waals surface area contributed by atoms with Crippen molar-refractivity contribution < 1.29 is 9.53 Å². The van der Waals surface area contributed by atoms with E-state index in [-0.39, 0.29) is 5.97 Å². The van der Waals surface area contributed by atoms with Gasteiger partial charge in [0, 0.05) is 32.1 Å². The normalized spacial score (nSPS) is 22.1. The van der Waals surface area contributed by atoms with Gasteiger partial charge in [0.15, 0.2) is 0 Å². The van der Waals surface area contributed by atoms with Gasteiger partial charge < -0.3 is 14.5 Å². The van der Waals surface area contributed by atoms with Gasteiger partial charge in [-0.1, -0.05) is 6.42 Å². The lowest BCUT2D eigenvalue weighted by molar-refractivity contribution is -0.143. The average Bonchev–Trinajstić information content (AvgIpc) is 2.33. The van der Waals surface area contributed by atoms with E-state index in [0.29, 0.717) is 19.1 Å². The molecule has 0 bridgehead atoms. The van der Waals surface area contributed by atoms with E-state index < -0.39 is 0 Å². The van der Waals surface area contributed by atoms with Crippen LogP contribution in [0.5, 0.6) is 0 Å². The maximum atomic E-state index is 11.1. The summed E-state index contributed by atoms with van der Waals surface area (Å²) < 4.78 is 4.91. The molecule has 1 atom stereocenters. The third-order valence-corrected chi connectivity index (χ3v) is 3.70. The number of carbonyl (C=O) groups excluding carboxylic acids is 1. The van der Waals surface area contributed by atoms with Crippen LogP contribution in [0, 0.1) is 0 Å². The molecule has 0 amide bonds. The summed E-state index contributed by atoms with van der Waals surface area (Å²) in [5.74, 6) is -0.0503. The number of carbonyl (C=O) groups is 1. The minimum Gasteiger partial charge on any atom is -0.466 e. The van der Waals surface area contributed by atoms with E-state index in [0.717, 1.165) is 12.8 Å². The SMILES string of the molecule is CCOC(=O)CCCCCN1CCN(C)C(C)C1. The van der Waals surface area contributed by atoms with Gasteiger partial charge in [0.05, 0.1) is 6.61 Å². The van der Waals surface area contributed by atoms with Gasteiger partial charge in [0.1, 0.15) is 0 Å². The van der Waals surface area contributed by atoms with Gasteiger partial charge >= 0.3 is 5.97 Å². The van der Waals surface area contributed by atoms with Crippen molar-refractivity contribution in [3.05, 3.63) is 0 Å². The van der Waals surface area contributed by atoms with Gasteiger partial charge in [0.25, 0.3) is 0 Å². The number of hydrogen-bond donors (Lipinski definition) is 0. The Bertz CT molecular complexity index is 246. The molecule has 1 saturated heterocycles. The Morgan fingerprint density at radius 2 is 2.06 bits per heavy atom. The maximum Gasteiger partial charge on any atom is 0.305 e. The van der Waals surface area contributed by atoms with Gasteiger partial charge in [-0.15, -0.1) is 0 Å². The van der Waals surface area contributed by atoms with Crippen LogP contribution in [0.2, 0.25) is 0 Å². The van der Waals surface area contributed by atoms with Crippen LogP contribution < -0.4 is 0 Å². The van der Waals surface area contributed by atoms with Crippen LogP contribution in [0.1, 0.15) is 39.5 Å². The summed E-state index contributed by atoms with van der Waals surface area (Å²) in [4.78, 5) is 16.1. The van der Waals surface area contributed by atoms with E-state index in [1.165, 1.54) is 32.6 Å². The Labute approximate surface area is 111 Å². The van der Waals surface area contributed by atoms with Crippen LogP contribution in [0.4, 0.5) is 0 Å². The second kappa shape index (κ2) is 8.48. The van der Waals surface area contributed by atoms with Crippen LogP contribution in [0.3, 0.4) is 0 Å². The summed E-state index contributed by atoms with van der Waals surface area (Å²) in [7, 11) is 2.20.